The highest BCUT2D eigenvalue weighted by molar-refractivity contribution is 14.0. The Morgan fingerprint density at radius 3 is 2.78 bits per heavy atom. The summed E-state index contributed by atoms with van der Waals surface area (Å²) in [6.45, 7) is 9.43. The Hall–Kier alpha value is -0.380. The molecule has 0 spiro atoms. The van der Waals surface area contributed by atoms with Crippen molar-refractivity contribution in [3.63, 3.8) is 0 Å². The van der Waals surface area contributed by atoms with Crippen molar-refractivity contribution in [2.24, 2.45) is 10.7 Å². The third-order valence-electron chi connectivity index (χ3n) is 3.85. The molecule has 1 fully saturated rings. The summed E-state index contributed by atoms with van der Waals surface area (Å²) in [5, 5.41) is 3.19. The highest BCUT2D eigenvalue weighted by Crippen LogP contribution is 2.28. The van der Waals surface area contributed by atoms with Crippen LogP contribution in [0.2, 0.25) is 0 Å². The molecule has 1 aromatic heterocycles. The first kappa shape index (κ1) is 20.7. The first-order chi connectivity index (χ1) is 10.7. The second-order valence-electron chi connectivity index (χ2n) is 5.62. The first-order valence-corrected chi connectivity index (χ1v) is 8.94. The molecule has 0 aromatic carbocycles. The van der Waals surface area contributed by atoms with E-state index >= 15 is 0 Å². The molecule has 2 heterocycles. The van der Waals surface area contributed by atoms with E-state index in [1.54, 1.807) is 0 Å². The molecule has 1 aromatic rings. The molecule has 0 aliphatic carbocycles. The molecule has 2 rings (SSSR count). The highest BCUT2D eigenvalue weighted by Gasteiger charge is 2.23. The molecule has 132 valence electrons. The van der Waals surface area contributed by atoms with E-state index in [0.717, 1.165) is 45.7 Å². The zero-order valence-electron chi connectivity index (χ0n) is 14.1. The molecule has 5 nitrogen and oxygen atoms in total. The molecular formula is C16H29IN4OS. The summed E-state index contributed by atoms with van der Waals surface area (Å²) in [5.41, 5.74) is 5.97. The molecule has 1 saturated heterocycles. The predicted molar refractivity (Wildman–Crippen MR) is 109 cm³/mol. The minimum absolute atomic E-state index is 0. The van der Waals surface area contributed by atoms with Gasteiger partial charge in [-0.05, 0) is 25.5 Å². The van der Waals surface area contributed by atoms with Gasteiger partial charge in [-0.25, -0.2) is 0 Å². The van der Waals surface area contributed by atoms with Crippen LogP contribution < -0.4 is 11.1 Å². The van der Waals surface area contributed by atoms with Crippen molar-refractivity contribution < 1.29 is 4.74 Å². The Labute approximate surface area is 160 Å². The lowest BCUT2D eigenvalue weighted by Crippen LogP contribution is -2.40. The van der Waals surface area contributed by atoms with Gasteiger partial charge in [0, 0.05) is 29.4 Å². The number of nitrogens with two attached hydrogens (primary N) is 1. The van der Waals surface area contributed by atoms with Gasteiger partial charge in [0.1, 0.15) is 0 Å². The average molecular weight is 452 g/mol. The highest BCUT2D eigenvalue weighted by atomic mass is 127. The molecule has 0 radical (unpaired) electrons. The summed E-state index contributed by atoms with van der Waals surface area (Å²) in [4.78, 5) is 9.73. The number of nitrogens with zero attached hydrogens (tertiary/aromatic N) is 2. The van der Waals surface area contributed by atoms with Gasteiger partial charge >= 0.3 is 0 Å². The minimum atomic E-state index is 0. The molecule has 0 saturated carbocycles. The molecule has 1 aliphatic rings. The second-order valence-corrected chi connectivity index (χ2v) is 6.94. The molecule has 3 N–H and O–H groups in total. The summed E-state index contributed by atoms with van der Waals surface area (Å²) < 4.78 is 5.47. The van der Waals surface area contributed by atoms with Gasteiger partial charge in [-0.2, -0.15) is 0 Å². The average Bonchev–Trinajstić information content (AvgIpc) is 2.95. The van der Waals surface area contributed by atoms with E-state index in [0.29, 0.717) is 18.5 Å². The van der Waals surface area contributed by atoms with Gasteiger partial charge < -0.3 is 15.8 Å². The standard InChI is InChI=1S/C16H28N4OS.HI/c1-3-4-7-18-16(17)19-12-14(15-6-5-13(2)22-15)20-8-10-21-11-9-20;/h5-6,14H,3-4,7-12H2,1-2H3,(H3,17,18,19);1H. The summed E-state index contributed by atoms with van der Waals surface area (Å²) >= 11 is 1.85. The number of guanidine groups is 1. The van der Waals surface area contributed by atoms with E-state index in [1.807, 2.05) is 11.3 Å². The molecule has 1 aliphatic heterocycles. The summed E-state index contributed by atoms with van der Waals surface area (Å²) in [7, 11) is 0. The van der Waals surface area contributed by atoms with Crippen molar-refractivity contribution in [1.82, 2.24) is 10.2 Å². The molecule has 0 amide bonds. The molecular weight excluding hydrogens is 423 g/mol. The summed E-state index contributed by atoms with van der Waals surface area (Å²) in [6.07, 6.45) is 2.28. The van der Waals surface area contributed by atoms with Crippen LogP contribution in [-0.2, 0) is 4.74 Å². The largest absolute Gasteiger partial charge is 0.379 e. The maximum Gasteiger partial charge on any atom is 0.188 e. The summed E-state index contributed by atoms with van der Waals surface area (Å²) in [5.74, 6) is 0.556. The van der Waals surface area contributed by atoms with Crippen LogP contribution in [0.25, 0.3) is 0 Å². The third-order valence-corrected chi connectivity index (χ3v) is 4.95. The topological polar surface area (TPSA) is 62.9 Å². The Bertz CT molecular complexity index is 474. The van der Waals surface area contributed by atoms with E-state index in [4.69, 9.17) is 10.5 Å². The van der Waals surface area contributed by atoms with Crippen LogP contribution in [-0.4, -0.2) is 50.3 Å². The number of ether oxygens (including phenoxy) is 1. The van der Waals surface area contributed by atoms with Gasteiger partial charge in [0.2, 0.25) is 0 Å². The predicted octanol–water partition coefficient (Wildman–Crippen LogP) is 2.75. The number of hydrogen-bond acceptors (Lipinski definition) is 4. The number of aliphatic imine (C=N–C) groups is 1. The van der Waals surface area contributed by atoms with Crippen molar-refractivity contribution in [3.05, 3.63) is 21.9 Å². The Kier molecular flexibility index (Phi) is 10.1. The monoisotopic (exact) mass is 452 g/mol. The Balaban J connectivity index is 0.00000264. The number of rotatable bonds is 7. The van der Waals surface area contributed by atoms with Crippen LogP contribution in [0, 0.1) is 6.92 Å². The lowest BCUT2D eigenvalue weighted by molar-refractivity contribution is 0.0187. The Morgan fingerprint density at radius 1 is 1.43 bits per heavy atom. The molecule has 7 heteroatoms. The zero-order chi connectivity index (χ0) is 15.8. The van der Waals surface area contributed by atoms with Crippen molar-refractivity contribution >= 4 is 41.3 Å². The van der Waals surface area contributed by atoms with Crippen molar-refractivity contribution in [3.8, 4) is 0 Å². The lowest BCUT2D eigenvalue weighted by Gasteiger charge is -2.33. The van der Waals surface area contributed by atoms with Crippen LogP contribution in [0.5, 0.6) is 0 Å². The van der Waals surface area contributed by atoms with Crippen molar-refractivity contribution in [1.29, 1.82) is 0 Å². The van der Waals surface area contributed by atoms with Gasteiger partial charge in [0.15, 0.2) is 5.96 Å². The minimum Gasteiger partial charge on any atom is -0.379 e. The number of morpholine rings is 1. The number of halogens is 1. The fourth-order valence-electron chi connectivity index (χ4n) is 2.54. The maximum absolute atomic E-state index is 5.97. The molecule has 0 bridgehead atoms. The van der Waals surface area contributed by atoms with Gasteiger partial charge in [-0.3, -0.25) is 9.89 Å². The van der Waals surface area contributed by atoms with Crippen LogP contribution in [0.3, 0.4) is 0 Å². The van der Waals surface area contributed by atoms with Crippen LogP contribution >= 0.6 is 35.3 Å². The van der Waals surface area contributed by atoms with Crippen LogP contribution in [0.15, 0.2) is 17.1 Å². The molecule has 1 atom stereocenters. The zero-order valence-corrected chi connectivity index (χ0v) is 17.2. The third kappa shape index (κ3) is 6.94. The lowest BCUT2D eigenvalue weighted by atomic mass is 10.2. The number of unbranched alkanes of at least 4 members (excludes halogenated alkanes) is 1. The number of thiophene rings is 1. The number of hydrogen-bond donors (Lipinski definition) is 2. The smallest absolute Gasteiger partial charge is 0.188 e. The molecule has 23 heavy (non-hydrogen) atoms. The number of nitrogens with one attached hydrogen (secondary N) is 1. The fraction of sp³-hybridized carbons (Fsp3) is 0.688. The Morgan fingerprint density at radius 2 is 2.17 bits per heavy atom. The van der Waals surface area contributed by atoms with Crippen LogP contribution in [0.4, 0.5) is 0 Å². The SMILES string of the molecule is CCCCNC(N)=NCC(c1ccc(C)s1)N1CCOCC1.I. The van der Waals surface area contributed by atoms with Crippen molar-refractivity contribution in [2.45, 2.75) is 32.7 Å². The normalized spacial score (nSPS) is 17.6. The quantitative estimate of drug-likeness (QED) is 0.289. The summed E-state index contributed by atoms with van der Waals surface area (Å²) in [6, 6.07) is 4.70. The number of aryl methyl sites for hydroxylation is 1. The molecule has 1 unspecified atom stereocenters. The maximum atomic E-state index is 5.97. The van der Waals surface area contributed by atoms with Crippen molar-refractivity contribution in [2.75, 3.05) is 39.4 Å². The second kappa shape index (κ2) is 11.2. The van der Waals surface area contributed by atoms with E-state index in [9.17, 15) is 0 Å². The van der Waals surface area contributed by atoms with Gasteiger partial charge in [-0.1, -0.05) is 13.3 Å². The van der Waals surface area contributed by atoms with E-state index in [2.05, 4.69) is 41.2 Å². The van der Waals surface area contributed by atoms with E-state index in [1.165, 1.54) is 9.75 Å². The van der Waals surface area contributed by atoms with E-state index < -0.39 is 0 Å². The first-order valence-electron chi connectivity index (χ1n) is 8.12. The van der Waals surface area contributed by atoms with E-state index in [-0.39, 0.29) is 24.0 Å². The van der Waals surface area contributed by atoms with Gasteiger partial charge in [0.25, 0.3) is 0 Å². The fourth-order valence-corrected chi connectivity index (χ4v) is 3.54. The van der Waals surface area contributed by atoms with Gasteiger partial charge in [-0.15, -0.1) is 35.3 Å². The van der Waals surface area contributed by atoms with Gasteiger partial charge in [0.05, 0.1) is 25.8 Å². The van der Waals surface area contributed by atoms with Crippen LogP contribution in [0.1, 0.15) is 35.6 Å².